The number of unbranched alkanes of at least 4 members (excludes halogenated alkanes) is 1. The summed E-state index contributed by atoms with van der Waals surface area (Å²) in [4.78, 5) is 47.9. The van der Waals surface area contributed by atoms with E-state index in [4.69, 9.17) is 9.47 Å². The maximum absolute atomic E-state index is 14.2. The zero-order valence-corrected chi connectivity index (χ0v) is 22.9. The standard InChI is InChI=1S/C30H29N3O5S/c1-5-7-16-32-22-11-9-8-10-21(22)24(27(32)34)26-28(35)33-25(19-12-14-20(37-4)15-13-19)23(29(36)38-17-6-2)18(3)31-30(33)39-26/h6,8-15,25H,2,5,7,16-17H2,1,3-4H3/b26-24-. The third kappa shape index (κ3) is 4.52. The van der Waals surface area contributed by atoms with Gasteiger partial charge in [-0.05, 0) is 37.1 Å². The van der Waals surface area contributed by atoms with E-state index in [-0.39, 0.29) is 23.6 Å². The molecule has 0 saturated heterocycles. The first-order valence-corrected chi connectivity index (χ1v) is 13.6. The highest BCUT2D eigenvalue weighted by Crippen LogP contribution is 2.36. The van der Waals surface area contributed by atoms with Gasteiger partial charge in [0.2, 0.25) is 0 Å². The number of carbonyl (C=O) groups excluding carboxylic acids is 2. The molecule has 1 amide bonds. The molecule has 0 bridgehead atoms. The molecule has 3 aromatic rings. The van der Waals surface area contributed by atoms with E-state index >= 15 is 0 Å². The van der Waals surface area contributed by atoms with Gasteiger partial charge in [-0.3, -0.25) is 14.2 Å². The Bertz CT molecular complexity index is 1680. The first kappa shape index (κ1) is 26.4. The average Bonchev–Trinajstić information content (AvgIpc) is 3.41. The molecule has 0 radical (unpaired) electrons. The molecule has 9 heteroatoms. The lowest BCUT2D eigenvalue weighted by molar-refractivity contribution is -0.138. The van der Waals surface area contributed by atoms with Crippen LogP contribution in [0.25, 0.3) is 5.57 Å². The number of thiazole rings is 1. The van der Waals surface area contributed by atoms with Crippen LogP contribution in [0.4, 0.5) is 5.69 Å². The molecule has 1 aromatic heterocycles. The predicted molar refractivity (Wildman–Crippen MR) is 151 cm³/mol. The van der Waals surface area contributed by atoms with Gasteiger partial charge < -0.3 is 14.4 Å². The van der Waals surface area contributed by atoms with Gasteiger partial charge in [0.05, 0.1) is 35.7 Å². The average molecular weight is 544 g/mol. The molecule has 2 aromatic carbocycles. The van der Waals surface area contributed by atoms with Crippen LogP contribution in [0.3, 0.4) is 0 Å². The van der Waals surface area contributed by atoms with Gasteiger partial charge in [0, 0.05) is 12.1 Å². The first-order valence-electron chi connectivity index (χ1n) is 12.8. The molecule has 5 rings (SSSR count). The number of carbonyl (C=O) groups is 2. The zero-order chi connectivity index (χ0) is 27.7. The number of esters is 1. The molecule has 2 aliphatic heterocycles. The van der Waals surface area contributed by atoms with E-state index < -0.39 is 12.0 Å². The van der Waals surface area contributed by atoms with Gasteiger partial charge in [0.1, 0.15) is 16.9 Å². The summed E-state index contributed by atoms with van der Waals surface area (Å²) in [6.45, 7) is 8.01. The van der Waals surface area contributed by atoms with Crippen molar-refractivity contribution in [1.29, 1.82) is 0 Å². The summed E-state index contributed by atoms with van der Waals surface area (Å²) in [7, 11) is 1.57. The summed E-state index contributed by atoms with van der Waals surface area (Å²) < 4.78 is 12.5. The second-order valence-electron chi connectivity index (χ2n) is 9.27. The van der Waals surface area contributed by atoms with Gasteiger partial charge >= 0.3 is 5.97 Å². The van der Waals surface area contributed by atoms with Crippen LogP contribution in [0.15, 0.2) is 82.2 Å². The summed E-state index contributed by atoms with van der Waals surface area (Å²) in [6.07, 6.45) is 3.28. The minimum atomic E-state index is -0.790. The minimum Gasteiger partial charge on any atom is -0.497 e. The number of ether oxygens (including phenoxy) is 2. The van der Waals surface area contributed by atoms with Crippen LogP contribution in [-0.2, 0) is 14.3 Å². The third-order valence-electron chi connectivity index (χ3n) is 6.87. The van der Waals surface area contributed by atoms with Crippen LogP contribution in [0.2, 0.25) is 0 Å². The number of rotatable bonds is 8. The summed E-state index contributed by atoms with van der Waals surface area (Å²) in [6, 6.07) is 13.9. The first-order chi connectivity index (χ1) is 18.9. The highest BCUT2D eigenvalue weighted by atomic mass is 32.1. The van der Waals surface area contributed by atoms with E-state index in [1.165, 1.54) is 22.0 Å². The number of aromatic nitrogens is 1. The Labute approximate surface area is 229 Å². The Morgan fingerprint density at radius 1 is 1.15 bits per heavy atom. The lowest BCUT2D eigenvalue weighted by atomic mass is 9.96. The van der Waals surface area contributed by atoms with Crippen molar-refractivity contribution in [3.63, 3.8) is 0 Å². The van der Waals surface area contributed by atoms with Crippen LogP contribution >= 0.6 is 11.3 Å². The molecule has 0 saturated carbocycles. The Morgan fingerprint density at radius 2 is 1.90 bits per heavy atom. The number of hydrogen-bond acceptors (Lipinski definition) is 7. The Morgan fingerprint density at radius 3 is 2.59 bits per heavy atom. The summed E-state index contributed by atoms with van der Waals surface area (Å²) in [5.41, 5.74) is 2.92. The van der Waals surface area contributed by atoms with E-state index in [2.05, 4.69) is 18.5 Å². The summed E-state index contributed by atoms with van der Waals surface area (Å²) >= 11 is 1.17. The molecule has 8 nitrogen and oxygen atoms in total. The lowest BCUT2D eigenvalue weighted by Crippen LogP contribution is -2.41. The van der Waals surface area contributed by atoms with E-state index in [1.807, 2.05) is 36.4 Å². The van der Waals surface area contributed by atoms with Crippen LogP contribution < -0.4 is 24.5 Å². The van der Waals surface area contributed by atoms with Crippen molar-refractivity contribution in [2.24, 2.45) is 4.99 Å². The molecular formula is C30H29N3O5S. The van der Waals surface area contributed by atoms with Crippen molar-refractivity contribution in [3.8, 4) is 5.75 Å². The van der Waals surface area contributed by atoms with Crippen molar-refractivity contribution in [2.45, 2.75) is 32.7 Å². The van der Waals surface area contributed by atoms with E-state index in [0.717, 1.165) is 24.1 Å². The zero-order valence-electron chi connectivity index (χ0n) is 22.1. The molecule has 2 aliphatic rings. The highest BCUT2D eigenvalue weighted by Gasteiger charge is 2.37. The number of allylic oxidation sites excluding steroid dienone is 1. The van der Waals surface area contributed by atoms with E-state index in [0.29, 0.717) is 38.5 Å². The molecule has 0 aliphatic carbocycles. The molecule has 200 valence electrons. The van der Waals surface area contributed by atoms with Gasteiger partial charge in [0.25, 0.3) is 11.5 Å². The summed E-state index contributed by atoms with van der Waals surface area (Å²) in [5.74, 6) is -0.134. The number of nitrogens with zero attached hydrogens (tertiary/aromatic N) is 3. The molecule has 1 unspecified atom stereocenters. The number of hydrogen-bond donors (Lipinski definition) is 0. The number of methoxy groups -OCH3 is 1. The Balaban J connectivity index is 1.76. The van der Waals surface area contributed by atoms with E-state index in [9.17, 15) is 14.4 Å². The van der Waals surface area contributed by atoms with Crippen molar-refractivity contribution in [3.05, 3.63) is 103 Å². The molecule has 0 fully saturated rings. The van der Waals surface area contributed by atoms with E-state index in [1.54, 1.807) is 31.1 Å². The van der Waals surface area contributed by atoms with Gasteiger partial charge in [-0.15, -0.1) is 0 Å². The Hall–Kier alpha value is -4.24. The number of anilines is 1. The van der Waals surface area contributed by atoms with Crippen molar-refractivity contribution in [2.75, 3.05) is 25.2 Å². The molecular weight excluding hydrogens is 514 g/mol. The van der Waals surface area contributed by atoms with Gasteiger partial charge in [-0.2, -0.15) is 0 Å². The van der Waals surface area contributed by atoms with Crippen molar-refractivity contribution >= 4 is 34.5 Å². The largest absolute Gasteiger partial charge is 0.497 e. The predicted octanol–water partition coefficient (Wildman–Crippen LogP) is 3.49. The molecule has 0 N–H and O–H groups in total. The van der Waals surface area contributed by atoms with Gasteiger partial charge in [0.15, 0.2) is 4.80 Å². The second-order valence-corrected chi connectivity index (χ2v) is 10.2. The smallest absolute Gasteiger partial charge is 0.338 e. The van der Waals surface area contributed by atoms with Crippen molar-refractivity contribution in [1.82, 2.24) is 4.57 Å². The molecule has 3 heterocycles. The van der Waals surface area contributed by atoms with Crippen LogP contribution in [0.1, 0.15) is 43.9 Å². The van der Waals surface area contributed by atoms with Gasteiger partial charge in [-0.25, -0.2) is 9.79 Å². The number of fused-ring (bicyclic) bond motifs is 2. The third-order valence-corrected chi connectivity index (χ3v) is 7.92. The second kappa shape index (κ2) is 10.9. The monoisotopic (exact) mass is 543 g/mol. The molecule has 1 atom stereocenters. The maximum Gasteiger partial charge on any atom is 0.338 e. The van der Waals surface area contributed by atoms with Crippen molar-refractivity contribution < 1.29 is 19.1 Å². The fraction of sp³-hybridized carbons (Fsp3) is 0.267. The van der Waals surface area contributed by atoms with Crippen LogP contribution in [0.5, 0.6) is 5.75 Å². The fourth-order valence-corrected chi connectivity index (χ4v) is 6.12. The molecule has 39 heavy (non-hydrogen) atoms. The number of benzene rings is 2. The molecule has 0 spiro atoms. The quantitative estimate of drug-likeness (QED) is 0.321. The fourth-order valence-electron chi connectivity index (χ4n) is 4.98. The SMILES string of the molecule is C=CCOC(=O)C1=C(C)N=c2s/c(=C3\C(=O)N(CCCC)c4ccccc43)c(=O)n2C1c1ccc(OC)cc1. The topological polar surface area (TPSA) is 90.2 Å². The Kier molecular flexibility index (Phi) is 7.34. The van der Waals surface area contributed by atoms with Crippen LogP contribution in [-0.4, -0.2) is 36.7 Å². The number of para-hydroxylation sites is 1. The summed E-state index contributed by atoms with van der Waals surface area (Å²) in [5, 5.41) is 0. The number of amides is 1. The normalized spacial score (nSPS) is 17.5. The highest BCUT2D eigenvalue weighted by molar-refractivity contribution is 7.07. The lowest BCUT2D eigenvalue weighted by Gasteiger charge is -2.24. The van der Waals surface area contributed by atoms with Gasteiger partial charge in [-0.1, -0.05) is 67.7 Å². The maximum atomic E-state index is 14.2. The van der Waals surface area contributed by atoms with Crippen LogP contribution in [0, 0.1) is 0 Å². The minimum absolute atomic E-state index is 0.0262.